The predicted molar refractivity (Wildman–Crippen MR) is 134 cm³/mol. The summed E-state index contributed by atoms with van der Waals surface area (Å²) in [6.07, 6.45) is 2.78. The van der Waals surface area contributed by atoms with Crippen LogP contribution in [0.15, 0.2) is 53.4 Å². The van der Waals surface area contributed by atoms with Crippen LogP contribution in [0.4, 0.5) is 10.5 Å². The molecule has 0 unspecified atom stereocenters. The number of benzene rings is 1. The number of hydrogen-bond acceptors (Lipinski definition) is 5. The van der Waals surface area contributed by atoms with Crippen molar-refractivity contribution in [1.82, 2.24) is 9.88 Å². The highest BCUT2D eigenvalue weighted by Crippen LogP contribution is 2.24. The number of ether oxygens (including phenoxy) is 1. The first-order valence-corrected chi connectivity index (χ1v) is 10.9. The van der Waals surface area contributed by atoms with Crippen LogP contribution in [0, 0.1) is 0 Å². The molecule has 0 atom stereocenters. The van der Waals surface area contributed by atoms with Crippen molar-refractivity contribution in [2.24, 2.45) is 12.0 Å². The summed E-state index contributed by atoms with van der Waals surface area (Å²) < 4.78 is 6.90. The number of aryl methyl sites for hydroxylation is 1. The topological polar surface area (TPSA) is 122 Å². The summed E-state index contributed by atoms with van der Waals surface area (Å²) >= 11 is 0. The SMILES string of the molecule is C/C=C(\N=C(/C)C(=O)O)NC(=O)c1cc(-c2ccc(NC(=O)OC(C)(C)C)cc2)cn1C.CC. The molecule has 1 aromatic heterocycles. The summed E-state index contributed by atoms with van der Waals surface area (Å²) in [5.74, 6) is -1.43. The average molecular weight is 471 g/mol. The van der Waals surface area contributed by atoms with Gasteiger partial charge in [0.25, 0.3) is 5.91 Å². The van der Waals surface area contributed by atoms with Gasteiger partial charge in [-0.15, -0.1) is 0 Å². The number of carbonyl (C=O) groups excluding carboxylic acids is 2. The van der Waals surface area contributed by atoms with Crippen LogP contribution in [0.3, 0.4) is 0 Å². The third kappa shape index (κ3) is 8.57. The number of nitrogens with one attached hydrogen (secondary N) is 2. The molecular weight excluding hydrogens is 436 g/mol. The van der Waals surface area contributed by atoms with Gasteiger partial charge in [0, 0.05) is 24.5 Å². The normalized spacial score (nSPS) is 11.8. The number of carbonyl (C=O) groups is 3. The zero-order valence-corrected chi connectivity index (χ0v) is 21.0. The summed E-state index contributed by atoms with van der Waals surface area (Å²) in [5, 5.41) is 14.2. The van der Waals surface area contributed by atoms with Gasteiger partial charge in [0.15, 0.2) is 0 Å². The summed E-state index contributed by atoms with van der Waals surface area (Å²) in [5.41, 5.74) is 1.88. The smallest absolute Gasteiger partial charge is 0.412 e. The van der Waals surface area contributed by atoms with Crippen molar-refractivity contribution in [1.29, 1.82) is 0 Å². The molecule has 1 aromatic carbocycles. The number of hydrogen-bond donors (Lipinski definition) is 3. The molecule has 0 saturated heterocycles. The minimum atomic E-state index is -1.16. The van der Waals surface area contributed by atoms with Crippen LogP contribution in [0.1, 0.15) is 59.0 Å². The molecule has 184 valence electrons. The largest absolute Gasteiger partial charge is 0.477 e. The van der Waals surface area contributed by atoms with Crippen LogP contribution in [-0.4, -0.2) is 39.0 Å². The zero-order valence-electron chi connectivity index (χ0n) is 21.0. The highest BCUT2D eigenvalue weighted by molar-refractivity contribution is 6.34. The second-order valence-corrected chi connectivity index (χ2v) is 8.06. The Kier molecular flexibility index (Phi) is 10.3. The Morgan fingerprint density at radius 2 is 1.68 bits per heavy atom. The molecule has 0 fully saturated rings. The monoisotopic (exact) mass is 470 g/mol. The van der Waals surface area contributed by atoms with E-state index >= 15 is 0 Å². The van der Waals surface area contributed by atoms with E-state index in [0.717, 1.165) is 11.1 Å². The van der Waals surface area contributed by atoms with Crippen molar-refractivity contribution in [2.75, 3.05) is 5.32 Å². The molecule has 0 aliphatic carbocycles. The van der Waals surface area contributed by atoms with E-state index in [9.17, 15) is 14.4 Å². The molecular formula is C25H34N4O5. The van der Waals surface area contributed by atoms with Gasteiger partial charge in [0.1, 0.15) is 22.8 Å². The van der Waals surface area contributed by atoms with Crippen LogP contribution in [0.25, 0.3) is 11.1 Å². The second kappa shape index (κ2) is 12.4. The van der Waals surface area contributed by atoms with Crippen molar-refractivity contribution >= 4 is 29.4 Å². The zero-order chi connectivity index (χ0) is 26.1. The molecule has 9 nitrogen and oxygen atoms in total. The van der Waals surface area contributed by atoms with Crippen molar-refractivity contribution in [3.8, 4) is 11.1 Å². The molecule has 0 aliphatic heterocycles. The number of nitrogens with zero attached hydrogens (tertiary/aromatic N) is 2. The van der Waals surface area contributed by atoms with Crippen LogP contribution >= 0.6 is 0 Å². The molecule has 0 radical (unpaired) electrons. The van der Waals surface area contributed by atoms with E-state index in [0.29, 0.717) is 11.4 Å². The first-order chi connectivity index (χ1) is 15.9. The Balaban J connectivity index is 0.00000281. The summed E-state index contributed by atoms with van der Waals surface area (Å²) in [6.45, 7) is 12.4. The van der Waals surface area contributed by atoms with Crippen molar-refractivity contribution in [3.05, 3.63) is 54.1 Å². The van der Waals surface area contributed by atoms with E-state index in [4.69, 9.17) is 9.84 Å². The Morgan fingerprint density at radius 1 is 1.09 bits per heavy atom. The van der Waals surface area contributed by atoms with Crippen molar-refractivity contribution < 1.29 is 24.2 Å². The highest BCUT2D eigenvalue weighted by Gasteiger charge is 2.17. The molecule has 2 rings (SSSR count). The first kappa shape index (κ1) is 28.2. The lowest BCUT2D eigenvalue weighted by atomic mass is 10.1. The van der Waals surface area contributed by atoms with Gasteiger partial charge in [-0.2, -0.15) is 0 Å². The van der Waals surface area contributed by atoms with Crippen LogP contribution in [-0.2, 0) is 16.6 Å². The Bertz CT molecular complexity index is 1070. The van der Waals surface area contributed by atoms with E-state index in [2.05, 4.69) is 15.6 Å². The number of amides is 2. The molecule has 34 heavy (non-hydrogen) atoms. The predicted octanol–water partition coefficient (Wildman–Crippen LogP) is 5.20. The minimum Gasteiger partial charge on any atom is -0.477 e. The lowest BCUT2D eigenvalue weighted by Gasteiger charge is -2.19. The number of rotatable bonds is 6. The van der Waals surface area contributed by atoms with Crippen molar-refractivity contribution in [2.45, 2.75) is 54.1 Å². The minimum absolute atomic E-state index is 0.133. The van der Waals surface area contributed by atoms with Gasteiger partial charge >= 0.3 is 12.1 Å². The molecule has 1 heterocycles. The van der Waals surface area contributed by atoms with Gasteiger partial charge in [0.05, 0.1) is 0 Å². The molecule has 0 spiro atoms. The van der Waals surface area contributed by atoms with Gasteiger partial charge in [0.2, 0.25) is 0 Å². The van der Waals surface area contributed by atoms with Gasteiger partial charge in [-0.05, 0) is 64.5 Å². The molecule has 2 aromatic rings. The van der Waals surface area contributed by atoms with E-state index in [-0.39, 0.29) is 11.5 Å². The number of carboxylic acids is 1. The third-order valence-electron chi connectivity index (χ3n) is 4.21. The fourth-order valence-corrected chi connectivity index (χ4v) is 2.69. The maximum absolute atomic E-state index is 12.7. The Morgan fingerprint density at radius 3 is 2.18 bits per heavy atom. The van der Waals surface area contributed by atoms with Gasteiger partial charge in [-0.1, -0.05) is 26.0 Å². The lowest BCUT2D eigenvalue weighted by Crippen LogP contribution is -2.27. The van der Waals surface area contributed by atoms with Crippen LogP contribution in [0.2, 0.25) is 0 Å². The standard InChI is InChI=1S/C23H28N4O5.C2H6/c1-7-19(24-14(2)21(29)30)26-20(28)18-12-16(13-27(18)6)15-8-10-17(11-9-15)25-22(31)32-23(3,4)5;1-2/h7-13H,1-6H3,(H,25,31)(H,26,28)(H,29,30);1-2H3/b19-7+,24-14+;. The summed E-state index contributed by atoms with van der Waals surface area (Å²) in [7, 11) is 1.73. The van der Waals surface area contributed by atoms with Crippen LogP contribution < -0.4 is 10.6 Å². The average Bonchev–Trinajstić information content (AvgIpc) is 3.15. The number of aliphatic imine (C=N–C) groups is 1. The number of aromatic nitrogens is 1. The number of aliphatic carboxylic acids is 1. The molecule has 2 amide bonds. The molecule has 3 N–H and O–H groups in total. The van der Waals surface area contributed by atoms with Gasteiger partial charge < -0.3 is 19.7 Å². The number of anilines is 1. The Labute approximate surface area is 200 Å². The summed E-state index contributed by atoms with van der Waals surface area (Å²) in [6, 6.07) is 8.84. The van der Waals surface area contributed by atoms with Crippen molar-refractivity contribution in [3.63, 3.8) is 0 Å². The van der Waals surface area contributed by atoms with Gasteiger partial charge in [-0.25, -0.2) is 14.6 Å². The quantitative estimate of drug-likeness (QED) is 0.501. The fraction of sp³-hybridized carbons (Fsp3) is 0.360. The lowest BCUT2D eigenvalue weighted by molar-refractivity contribution is -0.129. The molecule has 0 bridgehead atoms. The maximum atomic E-state index is 12.7. The third-order valence-corrected chi connectivity index (χ3v) is 4.21. The van der Waals surface area contributed by atoms with Gasteiger partial charge in [-0.3, -0.25) is 10.1 Å². The molecule has 0 saturated carbocycles. The molecule has 0 aliphatic rings. The number of allylic oxidation sites excluding steroid dienone is 1. The molecule has 9 heteroatoms. The Hall–Kier alpha value is -3.88. The van der Waals surface area contributed by atoms with E-state index in [1.165, 1.54) is 13.0 Å². The number of carboxylic acid groups (broad SMARTS) is 1. The second-order valence-electron chi connectivity index (χ2n) is 8.06. The van der Waals surface area contributed by atoms with Crippen LogP contribution in [0.5, 0.6) is 0 Å². The first-order valence-electron chi connectivity index (χ1n) is 10.9. The highest BCUT2D eigenvalue weighted by atomic mass is 16.6. The summed E-state index contributed by atoms with van der Waals surface area (Å²) in [4.78, 5) is 39.4. The van der Waals surface area contributed by atoms with E-state index in [1.807, 2.05) is 26.0 Å². The van der Waals surface area contributed by atoms with E-state index in [1.54, 1.807) is 63.7 Å². The maximum Gasteiger partial charge on any atom is 0.412 e. The fourth-order valence-electron chi connectivity index (χ4n) is 2.69. The van der Waals surface area contributed by atoms with E-state index < -0.39 is 23.6 Å².